The van der Waals surface area contributed by atoms with Crippen molar-refractivity contribution in [3.63, 3.8) is 0 Å². The third-order valence-electron chi connectivity index (χ3n) is 2.01. The van der Waals surface area contributed by atoms with Crippen molar-refractivity contribution in [1.29, 1.82) is 0 Å². The summed E-state index contributed by atoms with van der Waals surface area (Å²) in [5, 5.41) is 11.9. The van der Waals surface area contributed by atoms with E-state index in [9.17, 15) is 0 Å². The van der Waals surface area contributed by atoms with E-state index in [1.807, 2.05) is 20.8 Å². The van der Waals surface area contributed by atoms with Gasteiger partial charge in [-0.05, 0) is 19.8 Å². The molecule has 18 heavy (non-hydrogen) atoms. The van der Waals surface area contributed by atoms with Crippen LogP contribution in [0.15, 0.2) is 0 Å². The molecule has 0 bridgehead atoms. The highest BCUT2D eigenvalue weighted by molar-refractivity contribution is 5.34. The van der Waals surface area contributed by atoms with Crippen molar-refractivity contribution in [2.75, 3.05) is 23.9 Å². The summed E-state index contributed by atoms with van der Waals surface area (Å²) >= 11 is 0. The molecule has 0 aliphatic carbocycles. The molecule has 1 heterocycles. The second-order valence-electron chi connectivity index (χ2n) is 4.24. The van der Waals surface area contributed by atoms with Gasteiger partial charge < -0.3 is 15.2 Å². The summed E-state index contributed by atoms with van der Waals surface area (Å²) < 4.78 is 5.38. The van der Waals surface area contributed by atoms with Gasteiger partial charge in [-0.1, -0.05) is 6.92 Å². The Kier molecular flexibility index (Phi) is 5.53. The molecule has 1 aromatic heterocycles. The van der Waals surface area contributed by atoms with E-state index in [-0.39, 0.29) is 30.6 Å². The largest absolute Gasteiger partial charge is 0.461 e. The number of hydrogen-bond donors (Lipinski definition) is 4. The number of aliphatic hydroxyl groups is 1. The average molecular weight is 256 g/mol. The molecule has 1 unspecified atom stereocenters. The van der Waals surface area contributed by atoms with Crippen molar-refractivity contribution < 1.29 is 9.84 Å². The topological polar surface area (TPSA) is 118 Å². The molecule has 0 spiro atoms. The number of anilines is 2. The Bertz CT molecular complexity index is 373. The lowest BCUT2D eigenvalue weighted by Crippen LogP contribution is -2.19. The molecule has 0 aromatic carbocycles. The Labute approximate surface area is 106 Å². The predicted octanol–water partition coefficient (Wildman–Crippen LogP) is -0.0153. The van der Waals surface area contributed by atoms with E-state index >= 15 is 0 Å². The van der Waals surface area contributed by atoms with Gasteiger partial charge in [-0.25, -0.2) is 5.84 Å². The van der Waals surface area contributed by atoms with Crippen LogP contribution in [0.2, 0.25) is 0 Å². The Morgan fingerprint density at radius 1 is 1.22 bits per heavy atom. The molecule has 0 radical (unpaired) electrons. The number of hydrogen-bond acceptors (Lipinski definition) is 8. The van der Waals surface area contributed by atoms with Gasteiger partial charge >= 0.3 is 6.01 Å². The van der Waals surface area contributed by atoms with Crippen LogP contribution in [0, 0.1) is 5.92 Å². The van der Waals surface area contributed by atoms with Crippen LogP contribution in [-0.4, -0.2) is 39.3 Å². The van der Waals surface area contributed by atoms with Gasteiger partial charge in [0.15, 0.2) is 0 Å². The zero-order valence-electron chi connectivity index (χ0n) is 10.8. The molecule has 0 aliphatic heterocycles. The first kappa shape index (κ1) is 14.4. The van der Waals surface area contributed by atoms with Gasteiger partial charge in [0.1, 0.15) is 0 Å². The Morgan fingerprint density at radius 2 is 1.89 bits per heavy atom. The van der Waals surface area contributed by atoms with Crippen LogP contribution in [0.1, 0.15) is 20.8 Å². The maximum atomic E-state index is 8.94. The van der Waals surface area contributed by atoms with Gasteiger partial charge in [-0.3, -0.25) is 5.43 Å². The van der Waals surface area contributed by atoms with Crippen molar-refractivity contribution in [3.8, 4) is 6.01 Å². The average Bonchev–Trinajstić information content (AvgIpc) is 2.34. The maximum Gasteiger partial charge on any atom is 0.323 e. The third kappa shape index (κ3) is 4.68. The standard InChI is InChI=1S/C10H20N6O2/c1-6(2)18-10-14-8(12-4-7(3)5-17)13-9(15-10)16-11/h6-7,17H,4-5,11H2,1-3H3,(H2,12,13,14,15,16). The second kappa shape index (κ2) is 6.92. The second-order valence-corrected chi connectivity index (χ2v) is 4.24. The molecule has 1 rings (SSSR count). The van der Waals surface area contributed by atoms with Crippen LogP contribution in [0.5, 0.6) is 6.01 Å². The summed E-state index contributed by atoms with van der Waals surface area (Å²) in [4.78, 5) is 12.1. The minimum Gasteiger partial charge on any atom is -0.461 e. The Hall–Kier alpha value is -1.67. The first-order valence-electron chi connectivity index (χ1n) is 5.79. The van der Waals surface area contributed by atoms with Crippen molar-refractivity contribution >= 4 is 11.9 Å². The number of nitrogens with two attached hydrogens (primary N) is 1. The first-order valence-corrected chi connectivity index (χ1v) is 5.79. The lowest BCUT2D eigenvalue weighted by Gasteiger charge is -2.12. The van der Waals surface area contributed by atoms with Crippen molar-refractivity contribution in [2.45, 2.75) is 26.9 Å². The van der Waals surface area contributed by atoms with E-state index in [2.05, 4.69) is 25.7 Å². The molecule has 0 aliphatic rings. The smallest absolute Gasteiger partial charge is 0.323 e. The number of rotatable bonds is 7. The number of nitrogens with zero attached hydrogens (tertiary/aromatic N) is 3. The summed E-state index contributed by atoms with van der Waals surface area (Å²) in [5.41, 5.74) is 2.35. The van der Waals surface area contributed by atoms with E-state index in [1.54, 1.807) is 0 Å². The molecular weight excluding hydrogens is 236 g/mol. The third-order valence-corrected chi connectivity index (χ3v) is 2.01. The molecule has 1 atom stereocenters. The molecule has 8 heteroatoms. The van der Waals surface area contributed by atoms with Gasteiger partial charge in [0.2, 0.25) is 11.9 Å². The highest BCUT2D eigenvalue weighted by atomic mass is 16.5. The molecular formula is C10H20N6O2. The number of nitrogen functional groups attached to an aromatic ring is 1. The summed E-state index contributed by atoms with van der Waals surface area (Å²) in [5.74, 6) is 5.95. The Balaban J connectivity index is 2.76. The van der Waals surface area contributed by atoms with Gasteiger partial charge in [-0.15, -0.1) is 0 Å². The van der Waals surface area contributed by atoms with E-state index in [0.29, 0.717) is 12.5 Å². The summed E-state index contributed by atoms with van der Waals surface area (Å²) in [6, 6.07) is 0.201. The molecule has 0 fully saturated rings. The predicted molar refractivity (Wildman–Crippen MR) is 68.1 cm³/mol. The minimum absolute atomic E-state index is 0.0396. The van der Waals surface area contributed by atoms with Crippen LogP contribution in [0.25, 0.3) is 0 Å². The zero-order chi connectivity index (χ0) is 13.5. The van der Waals surface area contributed by atoms with Gasteiger partial charge in [0.05, 0.1) is 6.10 Å². The van der Waals surface area contributed by atoms with Crippen LogP contribution >= 0.6 is 0 Å². The number of aliphatic hydroxyl groups excluding tert-OH is 1. The van der Waals surface area contributed by atoms with Crippen molar-refractivity contribution in [1.82, 2.24) is 15.0 Å². The Morgan fingerprint density at radius 3 is 2.44 bits per heavy atom. The summed E-state index contributed by atoms with van der Waals surface area (Å²) in [7, 11) is 0. The quantitative estimate of drug-likeness (QED) is 0.397. The molecule has 5 N–H and O–H groups in total. The van der Waals surface area contributed by atoms with Gasteiger partial charge in [0.25, 0.3) is 0 Å². The molecule has 1 aromatic rings. The highest BCUT2D eigenvalue weighted by Crippen LogP contribution is 2.12. The highest BCUT2D eigenvalue weighted by Gasteiger charge is 2.09. The van der Waals surface area contributed by atoms with E-state index in [1.165, 1.54) is 0 Å². The number of hydrazine groups is 1. The fourth-order valence-electron chi connectivity index (χ4n) is 1.09. The fourth-order valence-corrected chi connectivity index (χ4v) is 1.09. The van der Waals surface area contributed by atoms with Gasteiger partial charge in [0, 0.05) is 13.2 Å². The monoisotopic (exact) mass is 256 g/mol. The molecule has 0 saturated carbocycles. The molecule has 102 valence electrons. The van der Waals surface area contributed by atoms with Crippen LogP contribution in [-0.2, 0) is 0 Å². The van der Waals surface area contributed by atoms with Crippen LogP contribution in [0.3, 0.4) is 0 Å². The summed E-state index contributed by atoms with van der Waals surface area (Å²) in [6.07, 6.45) is -0.0396. The summed E-state index contributed by atoms with van der Waals surface area (Å²) in [6.45, 7) is 6.30. The minimum atomic E-state index is -0.0396. The van der Waals surface area contributed by atoms with E-state index in [4.69, 9.17) is 15.7 Å². The van der Waals surface area contributed by atoms with Crippen molar-refractivity contribution in [2.24, 2.45) is 11.8 Å². The SMILES string of the molecule is CC(CO)CNc1nc(NN)nc(OC(C)C)n1. The maximum absolute atomic E-state index is 8.94. The lowest BCUT2D eigenvalue weighted by molar-refractivity contribution is 0.222. The number of ether oxygens (including phenoxy) is 1. The fraction of sp³-hybridized carbons (Fsp3) is 0.700. The lowest BCUT2D eigenvalue weighted by atomic mass is 10.2. The van der Waals surface area contributed by atoms with E-state index < -0.39 is 0 Å². The first-order chi connectivity index (χ1) is 8.55. The number of nitrogens with one attached hydrogen (secondary N) is 2. The zero-order valence-corrected chi connectivity index (χ0v) is 10.8. The normalized spacial score (nSPS) is 12.3. The molecule has 0 saturated heterocycles. The van der Waals surface area contributed by atoms with E-state index in [0.717, 1.165) is 0 Å². The van der Waals surface area contributed by atoms with Gasteiger partial charge in [-0.2, -0.15) is 15.0 Å². The van der Waals surface area contributed by atoms with Crippen LogP contribution < -0.4 is 21.3 Å². The molecule has 8 nitrogen and oxygen atoms in total. The molecule has 0 amide bonds. The number of aromatic nitrogens is 3. The van der Waals surface area contributed by atoms with Crippen LogP contribution in [0.4, 0.5) is 11.9 Å². The van der Waals surface area contributed by atoms with Crippen molar-refractivity contribution in [3.05, 3.63) is 0 Å².